The third-order valence-electron chi connectivity index (χ3n) is 5.94. The monoisotopic (exact) mass is 540 g/mol. The summed E-state index contributed by atoms with van der Waals surface area (Å²) in [5.74, 6) is -2.93. The molecule has 3 amide bonds. The Morgan fingerprint density at radius 3 is 2.03 bits per heavy atom. The molecule has 1 aromatic rings. The maximum absolute atomic E-state index is 12.9. The fourth-order valence-corrected chi connectivity index (χ4v) is 3.39. The van der Waals surface area contributed by atoms with E-state index in [1.165, 1.54) is 24.3 Å². The lowest BCUT2D eigenvalue weighted by Gasteiger charge is -2.31. The van der Waals surface area contributed by atoms with Crippen molar-refractivity contribution in [2.75, 3.05) is 33.4 Å². The third kappa shape index (κ3) is 10.7. The normalized spacial score (nSPS) is 12.8. The van der Waals surface area contributed by atoms with Crippen LogP contribution >= 0.6 is 0 Å². The average Bonchev–Trinajstić information content (AvgIpc) is 2.91. The largest absolute Gasteiger partial charge is 0.488 e. The van der Waals surface area contributed by atoms with Crippen LogP contribution in [-0.4, -0.2) is 112 Å². The summed E-state index contributed by atoms with van der Waals surface area (Å²) in [6.07, 6.45) is 1.14. The minimum absolute atomic E-state index is 0.0932. The van der Waals surface area contributed by atoms with Gasteiger partial charge in [0.1, 0.15) is 17.6 Å². The van der Waals surface area contributed by atoms with Gasteiger partial charge in [0.25, 0.3) is 5.91 Å². The van der Waals surface area contributed by atoms with E-state index in [2.05, 4.69) is 21.3 Å². The van der Waals surface area contributed by atoms with E-state index < -0.39 is 68.3 Å². The van der Waals surface area contributed by atoms with E-state index >= 15 is 0 Å². The number of aliphatic hydroxyl groups excluding tert-OH is 3. The van der Waals surface area contributed by atoms with Gasteiger partial charge >= 0.3 is 13.1 Å². The summed E-state index contributed by atoms with van der Waals surface area (Å²) in [5.41, 5.74) is -1.51. The van der Waals surface area contributed by atoms with Gasteiger partial charge in [-0.2, -0.15) is 0 Å². The molecule has 0 aromatic heterocycles. The average molecular weight is 540 g/mol. The van der Waals surface area contributed by atoms with Crippen molar-refractivity contribution in [3.8, 4) is 0 Å². The first-order valence-corrected chi connectivity index (χ1v) is 12.1. The number of rotatable bonds is 18. The number of nitrogens with one attached hydrogen (secondary N) is 4. The molecule has 212 valence electrons. The molecule has 0 aliphatic carbocycles. The second kappa shape index (κ2) is 16.7. The van der Waals surface area contributed by atoms with Crippen LogP contribution in [0.5, 0.6) is 0 Å². The van der Waals surface area contributed by atoms with Crippen molar-refractivity contribution < 1.29 is 49.7 Å². The van der Waals surface area contributed by atoms with Gasteiger partial charge in [-0.25, -0.2) is 0 Å². The molecule has 10 N–H and O–H groups in total. The summed E-state index contributed by atoms with van der Waals surface area (Å²) >= 11 is 0. The van der Waals surface area contributed by atoms with Crippen LogP contribution in [0, 0.1) is 0 Å². The Morgan fingerprint density at radius 2 is 1.53 bits per heavy atom. The third-order valence-corrected chi connectivity index (χ3v) is 5.94. The van der Waals surface area contributed by atoms with Gasteiger partial charge in [0.05, 0.1) is 19.8 Å². The molecule has 14 nitrogen and oxygen atoms in total. The predicted octanol–water partition coefficient (Wildman–Crippen LogP) is -3.96. The standard InChI is InChI=1S/C23H37BN4O10/c1-25-18(22(35)36)4-2-3-11-26-19(32)10-9-17(21(34)28-23(12-29,13-30)14-31)27-20(33)15-5-7-16(8-6-15)24(37)38/h5-8,17-18,25,29-31,37-38H,2-4,9-14H2,1H3,(H,26,32)(H,27,33)(H,28,34)(H,35,36)/t17-,18-/m0/s1. The number of carbonyl (C=O) groups is 4. The Hall–Kier alpha value is -3.08. The number of carboxylic acids is 1. The second-order valence-corrected chi connectivity index (χ2v) is 8.83. The highest BCUT2D eigenvalue weighted by atomic mass is 16.4. The Kier molecular flexibility index (Phi) is 14.5. The van der Waals surface area contributed by atoms with Crippen molar-refractivity contribution >= 4 is 36.3 Å². The van der Waals surface area contributed by atoms with Crippen molar-refractivity contribution in [1.29, 1.82) is 0 Å². The molecule has 0 saturated carbocycles. The Morgan fingerprint density at radius 1 is 0.921 bits per heavy atom. The molecular weight excluding hydrogens is 503 g/mol. The van der Waals surface area contributed by atoms with Gasteiger partial charge < -0.3 is 51.7 Å². The number of carboxylic acid groups (broad SMARTS) is 1. The molecule has 0 unspecified atom stereocenters. The molecule has 0 heterocycles. The van der Waals surface area contributed by atoms with Crippen LogP contribution in [0.1, 0.15) is 42.5 Å². The number of likely N-dealkylation sites (N-methyl/N-ethyl adjacent to an activating group) is 1. The molecule has 0 radical (unpaired) electrons. The zero-order valence-corrected chi connectivity index (χ0v) is 21.2. The molecule has 0 aliphatic rings. The van der Waals surface area contributed by atoms with Crippen molar-refractivity contribution in [2.24, 2.45) is 0 Å². The quantitative estimate of drug-likeness (QED) is 0.0637. The topological polar surface area (TPSA) is 238 Å². The summed E-state index contributed by atoms with van der Waals surface area (Å²) in [6.45, 7) is -2.07. The lowest BCUT2D eigenvalue weighted by Crippen LogP contribution is -2.61. The molecule has 2 atom stereocenters. The van der Waals surface area contributed by atoms with Gasteiger partial charge in [-0.3, -0.25) is 19.2 Å². The van der Waals surface area contributed by atoms with E-state index in [4.69, 9.17) is 5.11 Å². The zero-order valence-electron chi connectivity index (χ0n) is 21.2. The Labute approximate surface area is 220 Å². The highest BCUT2D eigenvalue weighted by molar-refractivity contribution is 6.58. The number of aliphatic hydroxyl groups is 3. The molecule has 1 rings (SSSR count). The molecule has 0 bridgehead atoms. The first-order valence-electron chi connectivity index (χ1n) is 12.1. The number of hydrogen-bond acceptors (Lipinski definition) is 10. The number of aliphatic carboxylic acids is 1. The highest BCUT2D eigenvalue weighted by Gasteiger charge is 2.33. The molecular formula is C23H37BN4O10. The second-order valence-electron chi connectivity index (χ2n) is 8.83. The van der Waals surface area contributed by atoms with E-state index in [1.54, 1.807) is 7.05 Å². The number of hydrogen-bond donors (Lipinski definition) is 10. The van der Waals surface area contributed by atoms with Crippen LogP contribution in [0.4, 0.5) is 0 Å². The van der Waals surface area contributed by atoms with Crippen LogP contribution in [0.15, 0.2) is 24.3 Å². The summed E-state index contributed by atoms with van der Waals surface area (Å²) in [6, 6.07) is 3.29. The SMILES string of the molecule is CN[C@@H](CCCCNC(=O)CC[C@H](NC(=O)c1ccc(B(O)O)cc1)C(=O)NC(CO)(CO)CO)C(=O)O. The summed E-state index contributed by atoms with van der Waals surface area (Å²) in [7, 11) is -0.179. The number of unbranched alkanes of at least 4 members (excludes halogenated alkanes) is 1. The Balaban J connectivity index is 2.79. The van der Waals surface area contributed by atoms with Crippen molar-refractivity contribution in [3.05, 3.63) is 29.8 Å². The van der Waals surface area contributed by atoms with Gasteiger partial charge in [-0.1, -0.05) is 12.1 Å². The van der Waals surface area contributed by atoms with Gasteiger partial charge in [-0.15, -0.1) is 0 Å². The molecule has 38 heavy (non-hydrogen) atoms. The van der Waals surface area contributed by atoms with Crippen LogP contribution in [-0.2, 0) is 14.4 Å². The minimum Gasteiger partial charge on any atom is -0.480 e. The smallest absolute Gasteiger partial charge is 0.480 e. The van der Waals surface area contributed by atoms with E-state index in [1.807, 2.05) is 0 Å². The van der Waals surface area contributed by atoms with Crippen LogP contribution in [0.3, 0.4) is 0 Å². The fraction of sp³-hybridized carbons (Fsp3) is 0.565. The fourth-order valence-electron chi connectivity index (χ4n) is 3.39. The van der Waals surface area contributed by atoms with Gasteiger partial charge in [-0.05, 0) is 50.3 Å². The summed E-state index contributed by atoms with van der Waals surface area (Å²) in [5, 5.41) is 66.1. The highest BCUT2D eigenvalue weighted by Crippen LogP contribution is 2.08. The number of carbonyl (C=O) groups excluding carboxylic acids is 3. The first-order chi connectivity index (χ1) is 18.0. The lowest BCUT2D eigenvalue weighted by molar-refractivity contribution is -0.139. The van der Waals surface area contributed by atoms with E-state index in [9.17, 15) is 44.5 Å². The summed E-state index contributed by atoms with van der Waals surface area (Å²) in [4.78, 5) is 48.9. The number of benzene rings is 1. The maximum Gasteiger partial charge on any atom is 0.488 e. The van der Waals surface area contributed by atoms with Crippen LogP contribution in [0.25, 0.3) is 0 Å². The lowest BCUT2D eigenvalue weighted by atomic mass is 9.80. The summed E-state index contributed by atoms with van der Waals surface area (Å²) < 4.78 is 0. The molecule has 0 spiro atoms. The zero-order chi connectivity index (χ0) is 28.7. The van der Waals surface area contributed by atoms with Crippen molar-refractivity contribution in [3.63, 3.8) is 0 Å². The molecule has 0 aliphatic heterocycles. The van der Waals surface area contributed by atoms with Gasteiger partial charge in [0, 0.05) is 18.5 Å². The minimum atomic E-state index is -1.75. The van der Waals surface area contributed by atoms with Gasteiger partial charge in [0.2, 0.25) is 11.8 Å². The van der Waals surface area contributed by atoms with E-state index in [0.29, 0.717) is 19.3 Å². The van der Waals surface area contributed by atoms with Crippen LogP contribution < -0.4 is 26.7 Å². The number of amides is 3. The molecule has 0 saturated heterocycles. The first kappa shape index (κ1) is 33.0. The van der Waals surface area contributed by atoms with E-state index in [0.717, 1.165) is 0 Å². The molecule has 1 aromatic carbocycles. The predicted molar refractivity (Wildman–Crippen MR) is 136 cm³/mol. The maximum atomic E-state index is 12.9. The molecule has 0 fully saturated rings. The molecule has 15 heteroatoms. The van der Waals surface area contributed by atoms with Crippen molar-refractivity contribution in [2.45, 2.75) is 49.7 Å². The van der Waals surface area contributed by atoms with Crippen LogP contribution in [0.2, 0.25) is 0 Å². The Bertz CT molecular complexity index is 904. The van der Waals surface area contributed by atoms with Crippen molar-refractivity contribution in [1.82, 2.24) is 21.3 Å². The van der Waals surface area contributed by atoms with Gasteiger partial charge in [0.15, 0.2) is 0 Å². The van der Waals surface area contributed by atoms with E-state index in [-0.39, 0.29) is 30.4 Å².